The first-order chi connectivity index (χ1) is 7.92. The molecule has 1 N–H and O–H groups in total. The molecule has 88 valence electrons. The van der Waals surface area contributed by atoms with Gasteiger partial charge < -0.3 is 10.1 Å². The minimum absolute atomic E-state index is 0.309. The molecule has 0 unspecified atom stereocenters. The van der Waals surface area contributed by atoms with Gasteiger partial charge in [0.05, 0.1) is 12.7 Å². The van der Waals surface area contributed by atoms with Crippen molar-refractivity contribution in [3.8, 4) is 0 Å². The van der Waals surface area contributed by atoms with Crippen LogP contribution >= 0.6 is 0 Å². The quantitative estimate of drug-likeness (QED) is 0.743. The molecule has 1 aliphatic rings. The summed E-state index contributed by atoms with van der Waals surface area (Å²) >= 11 is 0. The highest BCUT2D eigenvalue weighted by atomic mass is 16.5. The van der Waals surface area contributed by atoms with Crippen LogP contribution in [0, 0.1) is 5.92 Å². The molecule has 1 aromatic rings. The van der Waals surface area contributed by atoms with Gasteiger partial charge in [0.25, 0.3) is 0 Å². The van der Waals surface area contributed by atoms with E-state index in [4.69, 9.17) is 4.74 Å². The van der Waals surface area contributed by atoms with Crippen molar-refractivity contribution < 1.29 is 4.74 Å². The van der Waals surface area contributed by atoms with Crippen LogP contribution in [0.15, 0.2) is 30.3 Å². The van der Waals surface area contributed by atoms with Gasteiger partial charge in [-0.25, -0.2) is 0 Å². The monoisotopic (exact) mass is 219 g/mol. The molecule has 0 saturated heterocycles. The average Bonchev–Trinajstić information content (AvgIpc) is 2.27. The first-order valence-electron chi connectivity index (χ1n) is 6.23. The van der Waals surface area contributed by atoms with Gasteiger partial charge in [0.15, 0.2) is 0 Å². The maximum atomic E-state index is 6.01. The van der Waals surface area contributed by atoms with Crippen LogP contribution in [0.1, 0.15) is 30.9 Å². The second-order valence-corrected chi connectivity index (χ2v) is 4.50. The van der Waals surface area contributed by atoms with E-state index in [-0.39, 0.29) is 0 Å². The number of likely N-dealkylation sites (N-methyl/N-ethyl adjacent to an activating group) is 1. The number of benzene rings is 1. The Kier molecular flexibility index (Phi) is 4.37. The normalized spacial score (nSPS) is 18.1. The van der Waals surface area contributed by atoms with Crippen molar-refractivity contribution in [1.82, 2.24) is 5.32 Å². The predicted octanol–water partition coefficient (Wildman–Crippen LogP) is 2.76. The van der Waals surface area contributed by atoms with Gasteiger partial charge in [-0.15, -0.1) is 0 Å². The van der Waals surface area contributed by atoms with Crippen LogP contribution in [-0.2, 0) is 4.74 Å². The SMILES string of the molecule is CNCCO[C@H](c1ccccc1)C1CCC1. The third kappa shape index (κ3) is 2.83. The van der Waals surface area contributed by atoms with Crippen LogP contribution in [0.5, 0.6) is 0 Å². The lowest BCUT2D eigenvalue weighted by molar-refractivity contribution is -0.0136. The number of nitrogens with one attached hydrogen (secondary N) is 1. The van der Waals surface area contributed by atoms with Crippen molar-refractivity contribution in [1.29, 1.82) is 0 Å². The van der Waals surface area contributed by atoms with Gasteiger partial charge in [0.1, 0.15) is 0 Å². The van der Waals surface area contributed by atoms with Crippen molar-refractivity contribution in [2.75, 3.05) is 20.2 Å². The summed E-state index contributed by atoms with van der Waals surface area (Å²) in [6.45, 7) is 1.72. The minimum atomic E-state index is 0.309. The fourth-order valence-corrected chi connectivity index (χ4v) is 2.18. The second-order valence-electron chi connectivity index (χ2n) is 4.50. The Morgan fingerprint density at radius 3 is 2.62 bits per heavy atom. The summed E-state index contributed by atoms with van der Waals surface area (Å²) in [5, 5.41) is 3.12. The molecule has 0 amide bonds. The molecule has 1 atom stereocenters. The Hall–Kier alpha value is -0.860. The number of hydrogen-bond acceptors (Lipinski definition) is 2. The molecule has 0 radical (unpaired) electrons. The van der Waals surface area contributed by atoms with E-state index in [1.54, 1.807) is 0 Å². The van der Waals surface area contributed by atoms with Crippen molar-refractivity contribution in [3.63, 3.8) is 0 Å². The van der Waals surface area contributed by atoms with Crippen molar-refractivity contribution >= 4 is 0 Å². The highest BCUT2D eigenvalue weighted by Crippen LogP contribution is 2.39. The van der Waals surface area contributed by atoms with Gasteiger partial charge in [-0.2, -0.15) is 0 Å². The molecule has 0 heterocycles. The topological polar surface area (TPSA) is 21.3 Å². The predicted molar refractivity (Wildman–Crippen MR) is 66.4 cm³/mol. The Bertz CT molecular complexity index is 295. The zero-order valence-corrected chi connectivity index (χ0v) is 9.99. The summed E-state index contributed by atoms with van der Waals surface area (Å²) < 4.78 is 6.01. The Balaban J connectivity index is 1.97. The van der Waals surface area contributed by atoms with Crippen molar-refractivity contribution in [3.05, 3.63) is 35.9 Å². The van der Waals surface area contributed by atoms with E-state index in [0.29, 0.717) is 6.10 Å². The molecule has 0 spiro atoms. The van der Waals surface area contributed by atoms with E-state index in [1.807, 2.05) is 7.05 Å². The molecule has 16 heavy (non-hydrogen) atoms. The molecule has 1 saturated carbocycles. The molecule has 2 nitrogen and oxygen atoms in total. The van der Waals surface area contributed by atoms with E-state index in [2.05, 4.69) is 35.6 Å². The minimum Gasteiger partial charge on any atom is -0.372 e. The zero-order chi connectivity index (χ0) is 11.2. The standard InChI is InChI=1S/C14H21NO/c1-15-10-11-16-14(13-8-5-9-13)12-6-3-2-4-7-12/h2-4,6-7,13-15H,5,8-11H2,1H3/t14-/m1/s1. The lowest BCUT2D eigenvalue weighted by Crippen LogP contribution is -2.25. The Morgan fingerprint density at radius 1 is 1.31 bits per heavy atom. The lowest BCUT2D eigenvalue weighted by Gasteiger charge is -2.34. The molecular formula is C14H21NO. The molecule has 0 bridgehead atoms. The number of ether oxygens (including phenoxy) is 1. The van der Waals surface area contributed by atoms with E-state index < -0.39 is 0 Å². The third-order valence-corrected chi connectivity index (χ3v) is 3.36. The summed E-state index contributed by atoms with van der Waals surface area (Å²) in [6.07, 6.45) is 4.31. The van der Waals surface area contributed by atoms with Crippen LogP contribution < -0.4 is 5.32 Å². The largest absolute Gasteiger partial charge is 0.372 e. The van der Waals surface area contributed by atoms with Crippen LogP contribution in [0.4, 0.5) is 0 Å². The van der Waals surface area contributed by atoms with Gasteiger partial charge in [0.2, 0.25) is 0 Å². The Labute approximate surface area is 98.0 Å². The molecule has 1 aromatic carbocycles. The summed E-state index contributed by atoms with van der Waals surface area (Å²) in [7, 11) is 1.96. The highest BCUT2D eigenvalue weighted by molar-refractivity contribution is 5.18. The van der Waals surface area contributed by atoms with Crippen molar-refractivity contribution in [2.24, 2.45) is 5.92 Å². The molecule has 1 fully saturated rings. The number of rotatable bonds is 6. The summed E-state index contributed by atoms with van der Waals surface area (Å²) in [5.74, 6) is 0.735. The van der Waals surface area contributed by atoms with Gasteiger partial charge >= 0.3 is 0 Å². The van der Waals surface area contributed by atoms with Crippen LogP contribution in [-0.4, -0.2) is 20.2 Å². The fourth-order valence-electron chi connectivity index (χ4n) is 2.18. The Morgan fingerprint density at radius 2 is 2.06 bits per heavy atom. The van der Waals surface area contributed by atoms with Gasteiger partial charge in [-0.1, -0.05) is 36.8 Å². The molecular weight excluding hydrogens is 198 g/mol. The summed E-state index contributed by atoms with van der Waals surface area (Å²) in [5.41, 5.74) is 1.34. The maximum absolute atomic E-state index is 6.01. The van der Waals surface area contributed by atoms with Gasteiger partial charge in [0, 0.05) is 6.54 Å². The number of hydrogen-bond donors (Lipinski definition) is 1. The van der Waals surface area contributed by atoms with E-state index in [1.165, 1.54) is 24.8 Å². The summed E-state index contributed by atoms with van der Waals surface area (Å²) in [6, 6.07) is 10.6. The van der Waals surface area contributed by atoms with Crippen LogP contribution in [0.25, 0.3) is 0 Å². The molecule has 1 aliphatic carbocycles. The zero-order valence-electron chi connectivity index (χ0n) is 9.99. The molecule has 2 heteroatoms. The van der Waals surface area contributed by atoms with E-state index in [0.717, 1.165) is 19.1 Å². The van der Waals surface area contributed by atoms with Crippen molar-refractivity contribution in [2.45, 2.75) is 25.4 Å². The highest BCUT2D eigenvalue weighted by Gasteiger charge is 2.28. The molecule has 0 aromatic heterocycles. The van der Waals surface area contributed by atoms with E-state index >= 15 is 0 Å². The average molecular weight is 219 g/mol. The first kappa shape index (κ1) is 11.6. The lowest BCUT2D eigenvalue weighted by atomic mass is 9.78. The third-order valence-electron chi connectivity index (χ3n) is 3.36. The molecule has 2 rings (SSSR count). The van der Waals surface area contributed by atoms with Crippen LogP contribution in [0.2, 0.25) is 0 Å². The maximum Gasteiger partial charge on any atom is 0.0853 e. The van der Waals surface area contributed by atoms with Gasteiger partial charge in [-0.3, -0.25) is 0 Å². The van der Waals surface area contributed by atoms with E-state index in [9.17, 15) is 0 Å². The van der Waals surface area contributed by atoms with Gasteiger partial charge in [-0.05, 0) is 31.4 Å². The first-order valence-corrected chi connectivity index (χ1v) is 6.23. The second kappa shape index (κ2) is 6.02. The smallest absolute Gasteiger partial charge is 0.0853 e. The summed E-state index contributed by atoms with van der Waals surface area (Å²) in [4.78, 5) is 0. The fraction of sp³-hybridized carbons (Fsp3) is 0.571. The van der Waals surface area contributed by atoms with Crippen LogP contribution in [0.3, 0.4) is 0 Å². The molecule has 0 aliphatic heterocycles.